The molecule has 0 unspecified atom stereocenters. The first-order valence-corrected chi connectivity index (χ1v) is 6.50. The largest absolute Gasteiger partial charge is 0.392 e. The van der Waals surface area contributed by atoms with Crippen molar-refractivity contribution >= 4 is 17.2 Å². The van der Waals surface area contributed by atoms with Gasteiger partial charge >= 0.3 is 0 Å². The molecule has 0 radical (unpaired) electrons. The zero-order valence-corrected chi connectivity index (χ0v) is 11.8. The molecular weight excluding hydrogens is 232 g/mol. The third-order valence-corrected chi connectivity index (χ3v) is 2.82. The number of hydrogen-bond acceptors (Lipinski definition) is 3. The van der Waals surface area contributed by atoms with E-state index in [9.17, 15) is 0 Å². The maximum absolute atomic E-state index is 5.61. The molecule has 0 aliphatic heterocycles. The van der Waals surface area contributed by atoms with Gasteiger partial charge in [0.25, 0.3) is 0 Å². The molecule has 0 aliphatic carbocycles. The summed E-state index contributed by atoms with van der Waals surface area (Å²) in [5.74, 6) is 0. The quantitative estimate of drug-likeness (QED) is 0.749. The standard InChI is InChI=1S/C12H22N4S/c1-4-6-16(9-12(13)17)8-11-7-10(5-2)14-15(11)3/h7H,4-6,8-9H2,1-3H3,(H2,13,17). The molecule has 1 heterocycles. The van der Waals surface area contributed by atoms with E-state index in [1.165, 1.54) is 5.69 Å². The van der Waals surface area contributed by atoms with E-state index in [1.807, 2.05) is 11.7 Å². The van der Waals surface area contributed by atoms with Crippen molar-refractivity contribution in [3.63, 3.8) is 0 Å². The Hall–Kier alpha value is -0.940. The molecule has 17 heavy (non-hydrogen) atoms. The van der Waals surface area contributed by atoms with Crippen molar-refractivity contribution in [1.82, 2.24) is 14.7 Å². The average molecular weight is 254 g/mol. The minimum atomic E-state index is 0.552. The normalized spacial score (nSPS) is 11.1. The van der Waals surface area contributed by atoms with E-state index in [4.69, 9.17) is 18.0 Å². The van der Waals surface area contributed by atoms with Crippen LogP contribution in [0.3, 0.4) is 0 Å². The second-order valence-electron chi connectivity index (χ2n) is 4.28. The van der Waals surface area contributed by atoms with Crippen LogP contribution in [0.4, 0.5) is 0 Å². The van der Waals surface area contributed by atoms with Crippen LogP contribution in [0.15, 0.2) is 6.07 Å². The summed E-state index contributed by atoms with van der Waals surface area (Å²) in [6.45, 7) is 6.81. The highest BCUT2D eigenvalue weighted by Gasteiger charge is 2.10. The fourth-order valence-corrected chi connectivity index (χ4v) is 2.05. The molecule has 0 saturated heterocycles. The molecule has 5 heteroatoms. The molecule has 0 fully saturated rings. The summed E-state index contributed by atoms with van der Waals surface area (Å²) in [5.41, 5.74) is 7.96. The lowest BCUT2D eigenvalue weighted by Crippen LogP contribution is -2.33. The molecule has 1 rings (SSSR count). The highest BCUT2D eigenvalue weighted by atomic mass is 32.1. The Kier molecular flexibility index (Phi) is 5.58. The Balaban J connectivity index is 2.70. The van der Waals surface area contributed by atoms with Gasteiger partial charge < -0.3 is 5.73 Å². The molecule has 0 amide bonds. The fraction of sp³-hybridized carbons (Fsp3) is 0.667. The second kappa shape index (κ2) is 6.71. The van der Waals surface area contributed by atoms with Crippen LogP contribution in [-0.4, -0.2) is 32.8 Å². The lowest BCUT2D eigenvalue weighted by atomic mass is 10.3. The Morgan fingerprint density at radius 1 is 1.53 bits per heavy atom. The summed E-state index contributed by atoms with van der Waals surface area (Å²) in [6, 6.07) is 2.15. The van der Waals surface area contributed by atoms with Crippen molar-refractivity contribution in [3.05, 3.63) is 17.5 Å². The fourth-order valence-electron chi connectivity index (χ4n) is 1.87. The van der Waals surface area contributed by atoms with E-state index in [0.29, 0.717) is 11.5 Å². The molecule has 96 valence electrons. The predicted molar refractivity (Wildman–Crippen MR) is 74.9 cm³/mol. The van der Waals surface area contributed by atoms with Gasteiger partial charge in [-0.25, -0.2) is 0 Å². The monoisotopic (exact) mass is 254 g/mol. The van der Waals surface area contributed by atoms with Gasteiger partial charge in [0.05, 0.1) is 16.4 Å². The molecule has 0 saturated carbocycles. The zero-order valence-electron chi connectivity index (χ0n) is 10.9. The molecule has 4 nitrogen and oxygen atoms in total. The molecule has 0 bridgehead atoms. The molecule has 2 N–H and O–H groups in total. The van der Waals surface area contributed by atoms with Gasteiger partial charge in [0.2, 0.25) is 0 Å². The summed E-state index contributed by atoms with van der Waals surface area (Å²) in [4.78, 5) is 2.81. The third-order valence-electron chi connectivity index (χ3n) is 2.69. The van der Waals surface area contributed by atoms with Crippen molar-refractivity contribution in [1.29, 1.82) is 0 Å². The molecule has 1 aromatic rings. The Morgan fingerprint density at radius 2 is 2.24 bits per heavy atom. The van der Waals surface area contributed by atoms with E-state index < -0.39 is 0 Å². The Morgan fingerprint density at radius 3 is 2.71 bits per heavy atom. The topological polar surface area (TPSA) is 47.1 Å². The van der Waals surface area contributed by atoms with Crippen molar-refractivity contribution in [2.24, 2.45) is 12.8 Å². The number of nitrogens with two attached hydrogens (primary N) is 1. The number of aryl methyl sites for hydroxylation is 2. The first-order valence-electron chi connectivity index (χ1n) is 6.09. The number of thiocarbonyl (C=S) groups is 1. The van der Waals surface area contributed by atoms with Gasteiger partial charge in [0.15, 0.2) is 0 Å². The average Bonchev–Trinajstić information content (AvgIpc) is 2.59. The molecule has 0 aromatic carbocycles. The van der Waals surface area contributed by atoms with Gasteiger partial charge in [-0.2, -0.15) is 5.10 Å². The maximum Gasteiger partial charge on any atom is 0.0870 e. The number of rotatable bonds is 7. The van der Waals surface area contributed by atoms with Crippen LogP contribution in [0, 0.1) is 0 Å². The van der Waals surface area contributed by atoms with Crippen LogP contribution in [0.5, 0.6) is 0 Å². The van der Waals surface area contributed by atoms with Crippen LogP contribution in [0.2, 0.25) is 0 Å². The van der Waals surface area contributed by atoms with Crippen LogP contribution < -0.4 is 5.73 Å². The van der Waals surface area contributed by atoms with Gasteiger partial charge in [-0.1, -0.05) is 26.1 Å². The minimum absolute atomic E-state index is 0.552. The second-order valence-corrected chi connectivity index (χ2v) is 4.81. The van der Waals surface area contributed by atoms with Crippen molar-refractivity contribution in [2.75, 3.05) is 13.1 Å². The summed E-state index contributed by atoms with van der Waals surface area (Å²) < 4.78 is 1.95. The maximum atomic E-state index is 5.61. The van der Waals surface area contributed by atoms with E-state index in [0.717, 1.165) is 31.6 Å². The van der Waals surface area contributed by atoms with Crippen LogP contribution in [-0.2, 0) is 20.0 Å². The van der Waals surface area contributed by atoms with Crippen LogP contribution in [0.25, 0.3) is 0 Å². The summed E-state index contributed by atoms with van der Waals surface area (Å²) in [7, 11) is 1.99. The summed E-state index contributed by atoms with van der Waals surface area (Å²) in [6.07, 6.45) is 2.07. The van der Waals surface area contributed by atoms with Gasteiger partial charge in [0, 0.05) is 20.1 Å². The molecule has 1 aromatic heterocycles. The van der Waals surface area contributed by atoms with E-state index in [1.54, 1.807) is 0 Å². The van der Waals surface area contributed by atoms with Gasteiger partial charge in [-0.05, 0) is 25.5 Å². The number of nitrogens with zero attached hydrogens (tertiary/aromatic N) is 3. The lowest BCUT2D eigenvalue weighted by Gasteiger charge is -2.20. The summed E-state index contributed by atoms with van der Waals surface area (Å²) in [5, 5.41) is 4.45. The Bertz CT molecular complexity index is 373. The first-order chi connectivity index (χ1) is 8.06. The van der Waals surface area contributed by atoms with Crippen molar-refractivity contribution < 1.29 is 0 Å². The lowest BCUT2D eigenvalue weighted by molar-refractivity contribution is 0.296. The van der Waals surface area contributed by atoms with Crippen LogP contribution in [0.1, 0.15) is 31.7 Å². The smallest absolute Gasteiger partial charge is 0.0870 e. The number of aromatic nitrogens is 2. The number of hydrogen-bond donors (Lipinski definition) is 1. The molecule has 0 atom stereocenters. The highest BCUT2D eigenvalue weighted by Crippen LogP contribution is 2.08. The molecule has 0 aliphatic rings. The first kappa shape index (κ1) is 14.1. The summed E-state index contributed by atoms with van der Waals surface area (Å²) >= 11 is 4.98. The van der Waals surface area contributed by atoms with Crippen LogP contribution >= 0.6 is 12.2 Å². The predicted octanol–water partition coefficient (Wildman–Crippen LogP) is 1.48. The van der Waals surface area contributed by atoms with Gasteiger partial charge in [-0.3, -0.25) is 9.58 Å². The van der Waals surface area contributed by atoms with Gasteiger partial charge in [-0.15, -0.1) is 0 Å². The van der Waals surface area contributed by atoms with Crippen molar-refractivity contribution in [3.8, 4) is 0 Å². The highest BCUT2D eigenvalue weighted by molar-refractivity contribution is 7.80. The SMILES string of the molecule is CCCN(CC(N)=S)Cc1cc(CC)nn1C. The minimum Gasteiger partial charge on any atom is -0.392 e. The van der Waals surface area contributed by atoms with E-state index >= 15 is 0 Å². The van der Waals surface area contributed by atoms with Crippen molar-refractivity contribution in [2.45, 2.75) is 33.2 Å². The molecular formula is C12H22N4S. The van der Waals surface area contributed by atoms with E-state index in [2.05, 4.69) is 29.9 Å². The molecule has 0 spiro atoms. The van der Waals surface area contributed by atoms with E-state index in [-0.39, 0.29) is 0 Å². The van der Waals surface area contributed by atoms with Gasteiger partial charge in [0.1, 0.15) is 0 Å². The zero-order chi connectivity index (χ0) is 12.8. The third kappa shape index (κ3) is 4.44. The Labute approximate surface area is 109 Å².